The van der Waals surface area contributed by atoms with Crippen LogP contribution in [0.3, 0.4) is 0 Å². The first kappa shape index (κ1) is 16.2. The van der Waals surface area contributed by atoms with Gasteiger partial charge in [0.1, 0.15) is 5.82 Å². The summed E-state index contributed by atoms with van der Waals surface area (Å²) < 4.78 is 0. The number of carbonyl (C=O) groups is 1. The van der Waals surface area contributed by atoms with Gasteiger partial charge in [0.05, 0.1) is 11.7 Å². The van der Waals surface area contributed by atoms with Crippen molar-refractivity contribution in [1.82, 2.24) is 9.97 Å². The number of nitrogens with two attached hydrogens (primary N) is 1. The second kappa shape index (κ2) is 7.74. The normalized spacial score (nSPS) is 21.1. The molecule has 5 N–H and O–H groups in total. The van der Waals surface area contributed by atoms with Crippen molar-refractivity contribution in [3.8, 4) is 0 Å². The van der Waals surface area contributed by atoms with Crippen LogP contribution in [0.5, 0.6) is 0 Å². The van der Waals surface area contributed by atoms with E-state index in [1.807, 2.05) is 0 Å². The maximum Gasteiger partial charge on any atom is 0.254 e. The summed E-state index contributed by atoms with van der Waals surface area (Å²) >= 11 is 0. The highest BCUT2D eigenvalue weighted by molar-refractivity contribution is 5.97. The van der Waals surface area contributed by atoms with Crippen LogP contribution in [-0.2, 0) is 0 Å². The zero-order chi connectivity index (χ0) is 15.9. The monoisotopic (exact) mass is 305 g/mol. The van der Waals surface area contributed by atoms with Gasteiger partial charge in [-0.05, 0) is 32.1 Å². The van der Waals surface area contributed by atoms with Gasteiger partial charge in [0, 0.05) is 18.8 Å². The number of nitrogens with one attached hydrogen (secondary N) is 2. The molecule has 1 unspecified atom stereocenters. The Morgan fingerprint density at radius 2 is 2.36 bits per heavy atom. The van der Waals surface area contributed by atoms with Crippen molar-refractivity contribution in [3.05, 3.63) is 24.4 Å². The Morgan fingerprint density at radius 3 is 3.05 bits per heavy atom. The molecule has 0 bridgehead atoms. The van der Waals surface area contributed by atoms with E-state index in [1.165, 1.54) is 6.20 Å². The van der Waals surface area contributed by atoms with Gasteiger partial charge in [-0.25, -0.2) is 4.98 Å². The molecule has 7 heteroatoms. The van der Waals surface area contributed by atoms with Gasteiger partial charge < -0.3 is 21.5 Å². The SMILES string of the molecule is C=CCCNc1nc(N[C@@H]2CCCC(O)C2)ncc1C(N)=O. The molecular weight excluding hydrogens is 282 g/mol. The minimum atomic E-state index is -0.569. The molecule has 0 saturated heterocycles. The molecule has 1 aromatic heterocycles. The average Bonchev–Trinajstić information content (AvgIpc) is 2.47. The fraction of sp³-hybridized carbons (Fsp3) is 0.533. The summed E-state index contributed by atoms with van der Waals surface area (Å²) in [4.78, 5) is 19.9. The zero-order valence-electron chi connectivity index (χ0n) is 12.6. The van der Waals surface area contributed by atoms with E-state index in [2.05, 4.69) is 27.2 Å². The van der Waals surface area contributed by atoms with E-state index in [1.54, 1.807) is 6.08 Å². The first-order valence-corrected chi connectivity index (χ1v) is 7.56. The second-order valence-electron chi connectivity index (χ2n) is 5.49. The number of carbonyl (C=O) groups excluding carboxylic acids is 1. The number of rotatable bonds is 7. The molecule has 1 fully saturated rings. The van der Waals surface area contributed by atoms with Crippen LogP contribution >= 0.6 is 0 Å². The Balaban J connectivity index is 2.09. The third kappa shape index (κ3) is 4.42. The number of amides is 1. The van der Waals surface area contributed by atoms with Gasteiger partial charge in [0.25, 0.3) is 5.91 Å². The molecule has 0 spiro atoms. The number of hydrogen-bond donors (Lipinski definition) is 4. The molecule has 7 nitrogen and oxygen atoms in total. The molecule has 0 aliphatic heterocycles. The van der Waals surface area contributed by atoms with Gasteiger partial charge in [-0.2, -0.15) is 4.98 Å². The van der Waals surface area contributed by atoms with Gasteiger partial charge in [0.15, 0.2) is 0 Å². The highest BCUT2D eigenvalue weighted by atomic mass is 16.3. The standard InChI is InChI=1S/C15H23N5O2/c1-2-3-7-17-14-12(13(16)22)9-18-15(20-14)19-10-5-4-6-11(21)8-10/h2,9-11,21H,1,3-8H2,(H2,16,22)(H2,17,18,19,20)/t10-,11?/m1/s1. The van der Waals surface area contributed by atoms with Gasteiger partial charge in [-0.1, -0.05) is 6.08 Å². The van der Waals surface area contributed by atoms with E-state index in [0.29, 0.717) is 24.7 Å². The van der Waals surface area contributed by atoms with Crippen LogP contribution in [0.15, 0.2) is 18.9 Å². The predicted octanol–water partition coefficient (Wildman–Crippen LogP) is 1.28. The lowest BCUT2D eigenvalue weighted by Gasteiger charge is -2.26. The fourth-order valence-corrected chi connectivity index (χ4v) is 2.54. The van der Waals surface area contributed by atoms with Crippen molar-refractivity contribution >= 4 is 17.7 Å². The van der Waals surface area contributed by atoms with Crippen LogP contribution in [0.2, 0.25) is 0 Å². The van der Waals surface area contributed by atoms with Gasteiger partial charge >= 0.3 is 0 Å². The number of aliphatic hydroxyl groups excluding tert-OH is 1. The maximum absolute atomic E-state index is 11.4. The van der Waals surface area contributed by atoms with E-state index >= 15 is 0 Å². The summed E-state index contributed by atoms with van der Waals surface area (Å²) in [6, 6.07) is 0.143. The van der Waals surface area contributed by atoms with Crippen LogP contribution in [-0.4, -0.2) is 39.7 Å². The molecule has 2 atom stereocenters. The molecular formula is C15H23N5O2. The number of primary amides is 1. The molecule has 22 heavy (non-hydrogen) atoms. The van der Waals surface area contributed by atoms with E-state index < -0.39 is 5.91 Å². The van der Waals surface area contributed by atoms with Crippen LogP contribution in [0, 0.1) is 0 Å². The second-order valence-corrected chi connectivity index (χ2v) is 5.49. The Morgan fingerprint density at radius 1 is 1.55 bits per heavy atom. The molecule has 1 heterocycles. The molecule has 1 aromatic rings. The third-order valence-corrected chi connectivity index (χ3v) is 3.67. The summed E-state index contributed by atoms with van der Waals surface area (Å²) in [7, 11) is 0. The number of hydrogen-bond acceptors (Lipinski definition) is 6. The van der Waals surface area contributed by atoms with Crippen LogP contribution in [0.4, 0.5) is 11.8 Å². The smallest absolute Gasteiger partial charge is 0.254 e. The lowest BCUT2D eigenvalue weighted by atomic mass is 9.93. The minimum absolute atomic E-state index is 0.143. The summed E-state index contributed by atoms with van der Waals surface area (Å²) in [6.07, 6.45) is 7.14. The Labute approximate surface area is 130 Å². The van der Waals surface area contributed by atoms with Crippen LogP contribution in [0.1, 0.15) is 42.5 Å². The predicted molar refractivity (Wildman–Crippen MR) is 85.7 cm³/mol. The van der Waals surface area contributed by atoms with Crippen molar-refractivity contribution in [3.63, 3.8) is 0 Å². The number of aliphatic hydroxyl groups is 1. The molecule has 0 radical (unpaired) electrons. The summed E-state index contributed by atoms with van der Waals surface area (Å²) in [6.45, 7) is 4.26. The average molecular weight is 305 g/mol. The van der Waals surface area contributed by atoms with Crippen molar-refractivity contribution in [1.29, 1.82) is 0 Å². The highest BCUT2D eigenvalue weighted by Crippen LogP contribution is 2.22. The minimum Gasteiger partial charge on any atom is -0.393 e. The third-order valence-electron chi connectivity index (χ3n) is 3.67. The van der Waals surface area contributed by atoms with Crippen LogP contribution < -0.4 is 16.4 Å². The first-order valence-electron chi connectivity index (χ1n) is 7.56. The largest absolute Gasteiger partial charge is 0.393 e. The number of nitrogens with zero attached hydrogens (tertiary/aromatic N) is 2. The fourth-order valence-electron chi connectivity index (χ4n) is 2.54. The Bertz CT molecular complexity index is 535. The van der Waals surface area contributed by atoms with E-state index in [9.17, 15) is 9.90 Å². The van der Waals surface area contributed by atoms with E-state index in [4.69, 9.17) is 5.73 Å². The van der Waals surface area contributed by atoms with Crippen molar-refractivity contribution in [2.75, 3.05) is 17.2 Å². The van der Waals surface area contributed by atoms with Crippen molar-refractivity contribution in [2.24, 2.45) is 5.73 Å². The first-order chi connectivity index (χ1) is 10.6. The molecule has 120 valence electrons. The molecule has 1 amide bonds. The lowest BCUT2D eigenvalue weighted by Crippen LogP contribution is -2.30. The molecule has 1 aliphatic carbocycles. The Kier molecular flexibility index (Phi) is 5.71. The molecule has 1 aliphatic rings. The lowest BCUT2D eigenvalue weighted by molar-refractivity contribution is 0.100. The topological polar surface area (TPSA) is 113 Å². The summed E-state index contributed by atoms with van der Waals surface area (Å²) in [5.41, 5.74) is 5.60. The van der Waals surface area contributed by atoms with E-state index in [0.717, 1.165) is 25.7 Å². The van der Waals surface area contributed by atoms with Gasteiger partial charge in [-0.3, -0.25) is 4.79 Å². The van der Waals surface area contributed by atoms with Gasteiger partial charge in [-0.15, -0.1) is 6.58 Å². The van der Waals surface area contributed by atoms with Crippen molar-refractivity contribution < 1.29 is 9.90 Å². The molecule has 1 saturated carbocycles. The molecule has 0 aromatic carbocycles. The number of aromatic nitrogens is 2. The molecule has 2 rings (SSSR count). The van der Waals surface area contributed by atoms with Crippen molar-refractivity contribution in [2.45, 2.75) is 44.2 Å². The summed E-state index contributed by atoms with van der Waals surface area (Å²) in [5, 5.41) is 16.0. The quantitative estimate of drug-likeness (QED) is 0.446. The van der Waals surface area contributed by atoms with Gasteiger partial charge in [0.2, 0.25) is 5.95 Å². The van der Waals surface area contributed by atoms with Crippen LogP contribution in [0.25, 0.3) is 0 Å². The zero-order valence-corrected chi connectivity index (χ0v) is 12.6. The maximum atomic E-state index is 11.4. The number of anilines is 2. The van der Waals surface area contributed by atoms with E-state index in [-0.39, 0.29) is 17.7 Å². The highest BCUT2D eigenvalue weighted by Gasteiger charge is 2.21. The summed E-state index contributed by atoms with van der Waals surface area (Å²) in [5.74, 6) is 0.286. The Hall–Kier alpha value is -2.15.